The first-order valence-corrected chi connectivity index (χ1v) is 4.41. The summed E-state index contributed by atoms with van der Waals surface area (Å²) in [7, 11) is 0. The van der Waals surface area contributed by atoms with Crippen molar-refractivity contribution >= 4 is 17.8 Å². The van der Waals surface area contributed by atoms with E-state index >= 15 is 0 Å². The number of imide groups is 1. The van der Waals surface area contributed by atoms with Crippen LogP contribution in [0.25, 0.3) is 0 Å². The minimum absolute atomic E-state index is 0.329. The van der Waals surface area contributed by atoms with Crippen LogP contribution in [0.3, 0.4) is 0 Å². The van der Waals surface area contributed by atoms with Gasteiger partial charge in [-0.25, -0.2) is 4.79 Å². The lowest BCUT2D eigenvalue weighted by molar-refractivity contribution is -0.123. The summed E-state index contributed by atoms with van der Waals surface area (Å²) >= 11 is 0. The molecule has 2 N–H and O–H groups in total. The Bertz CT molecular complexity index is 421. The van der Waals surface area contributed by atoms with Crippen LogP contribution in [-0.4, -0.2) is 22.9 Å². The van der Waals surface area contributed by atoms with Crippen LogP contribution in [0.4, 0.5) is 0 Å². The molecule has 0 unspecified atom stereocenters. The van der Waals surface area contributed by atoms with Gasteiger partial charge in [-0.15, -0.1) is 0 Å². The lowest BCUT2D eigenvalue weighted by Crippen LogP contribution is -2.19. The highest BCUT2D eigenvalue weighted by Crippen LogP contribution is 1.96. The summed E-state index contributed by atoms with van der Waals surface area (Å²) in [6.07, 6.45) is 2.39. The molecule has 2 rings (SSSR count). The van der Waals surface area contributed by atoms with Crippen molar-refractivity contribution in [1.82, 2.24) is 5.32 Å². The number of nitrogens with one attached hydrogen (secondary N) is 1. The van der Waals surface area contributed by atoms with E-state index in [1.54, 1.807) is 30.3 Å². The molecular formula is C11H9NO4. The molecule has 0 fully saturated rings. The van der Waals surface area contributed by atoms with Gasteiger partial charge in [0.25, 0.3) is 11.8 Å². The maximum atomic E-state index is 10.2. The monoisotopic (exact) mass is 219 g/mol. The Kier molecular flexibility index (Phi) is 3.97. The van der Waals surface area contributed by atoms with Gasteiger partial charge in [-0.05, 0) is 12.1 Å². The number of hydrogen-bond acceptors (Lipinski definition) is 3. The van der Waals surface area contributed by atoms with Crippen molar-refractivity contribution in [2.75, 3.05) is 0 Å². The van der Waals surface area contributed by atoms with Crippen LogP contribution in [0.1, 0.15) is 10.4 Å². The summed E-state index contributed by atoms with van der Waals surface area (Å²) in [5.74, 6) is -1.54. The third kappa shape index (κ3) is 3.75. The zero-order valence-electron chi connectivity index (χ0n) is 8.21. The van der Waals surface area contributed by atoms with Crippen LogP contribution in [0.5, 0.6) is 0 Å². The summed E-state index contributed by atoms with van der Waals surface area (Å²) in [6, 6.07) is 8.30. The van der Waals surface area contributed by atoms with Crippen molar-refractivity contribution in [3.63, 3.8) is 0 Å². The first-order chi connectivity index (χ1) is 7.59. The lowest BCUT2D eigenvalue weighted by Gasteiger charge is -1.88. The van der Waals surface area contributed by atoms with E-state index in [2.05, 4.69) is 0 Å². The van der Waals surface area contributed by atoms with E-state index < -0.39 is 5.97 Å². The zero-order valence-corrected chi connectivity index (χ0v) is 8.21. The molecule has 1 aliphatic rings. The van der Waals surface area contributed by atoms with Crippen LogP contribution in [0, 0.1) is 0 Å². The van der Waals surface area contributed by atoms with Crippen molar-refractivity contribution in [2.45, 2.75) is 0 Å². The molecule has 16 heavy (non-hydrogen) atoms. The summed E-state index contributed by atoms with van der Waals surface area (Å²) in [4.78, 5) is 30.3. The molecule has 2 amide bonds. The number of benzene rings is 1. The van der Waals surface area contributed by atoms with Gasteiger partial charge in [-0.1, -0.05) is 18.2 Å². The van der Waals surface area contributed by atoms with E-state index in [0.717, 1.165) is 0 Å². The van der Waals surface area contributed by atoms with Gasteiger partial charge >= 0.3 is 5.97 Å². The molecule has 0 saturated carbocycles. The molecule has 0 bridgehead atoms. The Hall–Kier alpha value is -2.43. The van der Waals surface area contributed by atoms with E-state index in [9.17, 15) is 14.4 Å². The van der Waals surface area contributed by atoms with Crippen LogP contribution in [0.2, 0.25) is 0 Å². The van der Waals surface area contributed by atoms with Crippen molar-refractivity contribution in [2.24, 2.45) is 0 Å². The first kappa shape index (κ1) is 11.6. The van der Waals surface area contributed by atoms with Crippen molar-refractivity contribution in [3.8, 4) is 0 Å². The highest BCUT2D eigenvalue weighted by atomic mass is 16.4. The fourth-order valence-electron chi connectivity index (χ4n) is 0.937. The second-order valence-corrected chi connectivity index (χ2v) is 2.86. The molecule has 1 heterocycles. The highest BCUT2D eigenvalue weighted by Gasteiger charge is 2.06. The summed E-state index contributed by atoms with van der Waals surface area (Å²) < 4.78 is 0. The number of rotatable bonds is 1. The minimum atomic E-state index is -0.879. The maximum Gasteiger partial charge on any atom is 0.335 e. The SMILES string of the molecule is O=C(O)c1ccccc1.O=C1C=CC(=O)N1. The largest absolute Gasteiger partial charge is 0.478 e. The molecular weight excluding hydrogens is 210 g/mol. The van der Waals surface area contributed by atoms with Gasteiger partial charge < -0.3 is 5.11 Å². The number of carbonyl (C=O) groups excluding carboxylic acids is 2. The number of hydrogen-bond donors (Lipinski definition) is 2. The molecule has 0 aliphatic carbocycles. The smallest absolute Gasteiger partial charge is 0.335 e. The second-order valence-electron chi connectivity index (χ2n) is 2.86. The van der Waals surface area contributed by atoms with E-state index in [1.807, 2.05) is 5.32 Å². The van der Waals surface area contributed by atoms with Gasteiger partial charge in [-0.2, -0.15) is 0 Å². The minimum Gasteiger partial charge on any atom is -0.478 e. The zero-order chi connectivity index (χ0) is 12.0. The highest BCUT2D eigenvalue weighted by molar-refractivity contribution is 6.12. The predicted molar refractivity (Wildman–Crippen MR) is 55.7 cm³/mol. The molecule has 1 aromatic rings. The van der Waals surface area contributed by atoms with Crippen LogP contribution < -0.4 is 5.32 Å². The molecule has 0 aromatic heterocycles. The van der Waals surface area contributed by atoms with Crippen LogP contribution >= 0.6 is 0 Å². The summed E-state index contributed by atoms with van der Waals surface area (Å²) in [5.41, 5.74) is 0.331. The quantitative estimate of drug-likeness (QED) is 0.677. The normalized spacial score (nSPS) is 12.8. The summed E-state index contributed by atoms with van der Waals surface area (Å²) in [6.45, 7) is 0. The number of carbonyl (C=O) groups is 3. The molecule has 5 heteroatoms. The third-order valence-electron chi connectivity index (χ3n) is 1.65. The number of amides is 2. The van der Waals surface area contributed by atoms with Crippen LogP contribution in [0.15, 0.2) is 42.5 Å². The topological polar surface area (TPSA) is 83.5 Å². The standard InChI is InChI=1S/C7H6O2.C4H3NO2/c8-7(9)6-4-2-1-3-5-6;6-3-1-2-4(7)5-3/h1-5H,(H,8,9);1-2H,(H,5,6,7). The van der Waals surface area contributed by atoms with Crippen LogP contribution in [-0.2, 0) is 9.59 Å². The van der Waals surface area contributed by atoms with E-state index in [4.69, 9.17) is 5.11 Å². The molecule has 5 nitrogen and oxygen atoms in total. The van der Waals surface area contributed by atoms with E-state index in [0.29, 0.717) is 5.56 Å². The Labute approximate surface area is 91.4 Å². The molecule has 0 radical (unpaired) electrons. The van der Waals surface area contributed by atoms with Gasteiger partial charge in [-0.3, -0.25) is 14.9 Å². The van der Waals surface area contributed by atoms with Gasteiger partial charge in [0, 0.05) is 12.2 Å². The number of carboxylic acids is 1. The fourth-order valence-corrected chi connectivity index (χ4v) is 0.937. The molecule has 0 saturated heterocycles. The average Bonchev–Trinajstić information content (AvgIpc) is 2.65. The molecule has 0 atom stereocenters. The van der Waals surface area contributed by atoms with E-state index in [1.165, 1.54) is 12.2 Å². The van der Waals surface area contributed by atoms with Gasteiger partial charge in [0.2, 0.25) is 0 Å². The molecule has 1 aliphatic heterocycles. The Balaban J connectivity index is 0.000000165. The number of carboxylic acid groups (broad SMARTS) is 1. The van der Waals surface area contributed by atoms with Crippen molar-refractivity contribution in [3.05, 3.63) is 48.0 Å². The molecule has 82 valence electrons. The Morgan fingerprint density at radius 2 is 1.50 bits per heavy atom. The Morgan fingerprint density at radius 3 is 1.75 bits per heavy atom. The third-order valence-corrected chi connectivity index (χ3v) is 1.65. The van der Waals surface area contributed by atoms with Gasteiger partial charge in [0.15, 0.2) is 0 Å². The number of aromatic carboxylic acids is 1. The predicted octanol–water partition coefficient (Wildman–Crippen LogP) is 0.584. The van der Waals surface area contributed by atoms with Gasteiger partial charge in [0.05, 0.1) is 5.56 Å². The molecule has 0 spiro atoms. The van der Waals surface area contributed by atoms with Gasteiger partial charge in [0.1, 0.15) is 0 Å². The maximum absolute atomic E-state index is 10.2. The lowest BCUT2D eigenvalue weighted by atomic mass is 10.2. The summed E-state index contributed by atoms with van der Waals surface area (Å²) in [5, 5.41) is 10.4. The van der Waals surface area contributed by atoms with E-state index in [-0.39, 0.29) is 11.8 Å². The average molecular weight is 219 g/mol. The van der Waals surface area contributed by atoms with Crippen molar-refractivity contribution < 1.29 is 19.5 Å². The second kappa shape index (κ2) is 5.45. The van der Waals surface area contributed by atoms with Crippen molar-refractivity contribution in [1.29, 1.82) is 0 Å². The fraction of sp³-hybridized carbons (Fsp3) is 0. The first-order valence-electron chi connectivity index (χ1n) is 4.41. The Morgan fingerprint density at radius 1 is 1.00 bits per heavy atom. The molecule has 1 aromatic carbocycles.